The van der Waals surface area contributed by atoms with Gasteiger partial charge in [-0.25, -0.2) is 0 Å². The number of likely N-dealkylation sites (tertiary alicyclic amines) is 2. The Kier molecular flexibility index (Phi) is 5.64. The highest BCUT2D eigenvalue weighted by Crippen LogP contribution is 2.33. The SMILES string of the molecule is Cc1ccc(CC(=O)N2C[C@@H]3CN(C(=O)Cc4ccc(OC(F)(F)F)cc4)C[C@H]32)cc1. The van der Waals surface area contributed by atoms with Gasteiger partial charge in [-0.3, -0.25) is 9.59 Å². The molecule has 2 atom stereocenters. The highest BCUT2D eigenvalue weighted by Gasteiger charge is 2.48. The molecule has 0 bridgehead atoms. The van der Waals surface area contributed by atoms with E-state index in [0.29, 0.717) is 31.6 Å². The summed E-state index contributed by atoms with van der Waals surface area (Å²) < 4.78 is 40.6. The molecular weight excluding hydrogens is 409 g/mol. The molecule has 0 unspecified atom stereocenters. The molecule has 0 saturated carbocycles. The monoisotopic (exact) mass is 432 g/mol. The maximum absolute atomic E-state index is 12.7. The van der Waals surface area contributed by atoms with Gasteiger partial charge in [-0.15, -0.1) is 13.2 Å². The van der Waals surface area contributed by atoms with Crippen LogP contribution < -0.4 is 4.74 Å². The summed E-state index contributed by atoms with van der Waals surface area (Å²) in [6.07, 6.45) is -4.29. The van der Waals surface area contributed by atoms with Crippen LogP contribution in [0.3, 0.4) is 0 Å². The van der Waals surface area contributed by atoms with Crippen molar-refractivity contribution in [3.05, 3.63) is 65.2 Å². The molecular formula is C23H23F3N2O3. The molecule has 0 aromatic heterocycles. The zero-order chi connectivity index (χ0) is 22.2. The van der Waals surface area contributed by atoms with Gasteiger partial charge in [0.05, 0.1) is 18.9 Å². The second-order valence-electron chi connectivity index (χ2n) is 8.20. The smallest absolute Gasteiger partial charge is 0.406 e. The van der Waals surface area contributed by atoms with Gasteiger partial charge in [0.25, 0.3) is 0 Å². The first kappa shape index (κ1) is 21.2. The molecule has 2 heterocycles. The van der Waals surface area contributed by atoms with E-state index in [2.05, 4.69) is 4.74 Å². The molecule has 2 aliphatic heterocycles. The van der Waals surface area contributed by atoms with Crippen LogP contribution in [0, 0.1) is 12.8 Å². The van der Waals surface area contributed by atoms with Gasteiger partial charge in [0.15, 0.2) is 0 Å². The minimum atomic E-state index is -4.74. The van der Waals surface area contributed by atoms with E-state index in [0.717, 1.165) is 11.1 Å². The Balaban J connectivity index is 1.29. The number of halogens is 3. The van der Waals surface area contributed by atoms with Crippen molar-refractivity contribution in [1.29, 1.82) is 0 Å². The topological polar surface area (TPSA) is 49.9 Å². The molecule has 0 aliphatic carbocycles. The summed E-state index contributed by atoms with van der Waals surface area (Å²) in [7, 11) is 0. The second-order valence-corrected chi connectivity index (χ2v) is 8.20. The van der Waals surface area contributed by atoms with Gasteiger partial charge < -0.3 is 14.5 Å². The maximum atomic E-state index is 12.7. The number of carbonyl (C=O) groups is 2. The predicted molar refractivity (Wildman–Crippen MR) is 107 cm³/mol. The molecule has 0 spiro atoms. The second kappa shape index (κ2) is 8.24. The zero-order valence-corrected chi connectivity index (χ0v) is 17.1. The lowest BCUT2D eigenvalue weighted by atomic mass is 9.91. The van der Waals surface area contributed by atoms with E-state index in [1.54, 1.807) is 4.90 Å². The molecule has 4 rings (SSSR count). The van der Waals surface area contributed by atoms with Crippen LogP contribution >= 0.6 is 0 Å². The summed E-state index contributed by atoms with van der Waals surface area (Å²) >= 11 is 0. The van der Waals surface area contributed by atoms with Gasteiger partial charge in [-0.05, 0) is 30.2 Å². The maximum Gasteiger partial charge on any atom is 0.573 e. The Hall–Kier alpha value is -3.03. The van der Waals surface area contributed by atoms with Crippen molar-refractivity contribution >= 4 is 11.8 Å². The summed E-state index contributed by atoms with van der Waals surface area (Å²) in [4.78, 5) is 28.9. The fraction of sp³-hybridized carbons (Fsp3) is 0.391. The standard InChI is InChI=1S/C23H23F3N2O3/c1-15-2-4-16(5-3-15)11-22(30)28-13-18-12-27(14-20(18)28)21(29)10-17-6-8-19(9-7-17)31-23(24,25)26/h2-9,18,20H,10-14H2,1H3/t18-,20+/m0/s1. The van der Waals surface area contributed by atoms with E-state index in [9.17, 15) is 22.8 Å². The molecule has 2 amide bonds. The summed E-state index contributed by atoms with van der Waals surface area (Å²) in [5.74, 6) is -0.0522. The van der Waals surface area contributed by atoms with Crippen molar-refractivity contribution < 1.29 is 27.5 Å². The molecule has 164 valence electrons. The molecule has 5 nitrogen and oxygen atoms in total. The summed E-state index contributed by atoms with van der Waals surface area (Å²) in [6.45, 7) is 3.76. The molecule has 0 radical (unpaired) electrons. The first-order valence-electron chi connectivity index (χ1n) is 10.2. The number of alkyl halides is 3. The highest BCUT2D eigenvalue weighted by atomic mass is 19.4. The number of amides is 2. The number of benzene rings is 2. The van der Waals surface area contributed by atoms with Crippen molar-refractivity contribution in [3.63, 3.8) is 0 Å². The molecule has 2 aromatic carbocycles. The first-order valence-corrected chi connectivity index (χ1v) is 10.2. The minimum absolute atomic E-state index is 0.0458. The van der Waals surface area contributed by atoms with Crippen LogP contribution in [-0.4, -0.2) is 53.7 Å². The third-order valence-corrected chi connectivity index (χ3v) is 5.90. The van der Waals surface area contributed by atoms with Gasteiger partial charge in [-0.1, -0.05) is 42.0 Å². The van der Waals surface area contributed by atoms with E-state index in [4.69, 9.17) is 0 Å². The Morgan fingerprint density at radius 3 is 2.10 bits per heavy atom. The van der Waals surface area contributed by atoms with E-state index >= 15 is 0 Å². The quantitative estimate of drug-likeness (QED) is 0.728. The van der Waals surface area contributed by atoms with Crippen LogP contribution in [0.15, 0.2) is 48.5 Å². The fourth-order valence-corrected chi connectivity index (χ4v) is 4.20. The Morgan fingerprint density at radius 2 is 1.48 bits per heavy atom. The summed E-state index contributed by atoms with van der Waals surface area (Å²) in [5, 5.41) is 0. The van der Waals surface area contributed by atoms with Crippen LogP contribution in [0.4, 0.5) is 13.2 Å². The highest BCUT2D eigenvalue weighted by molar-refractivity contribution is 5.82. The van der Waals surface area contributed by atoms with E-state index in [-0.39, 0.29) is 35.9 Å². The molecule has 2 aromatic rings. The third kappa shape index (κ3) is 5.00. The average Bonchev–Trinajstić information content (AvgIpc) is 3.01. The van der Waals surface area contributed by atoms with Crippen molar-refractivity contribution in [2.75, 3.05) is 19.6 Å². The lowest BCUT2D eigenvalue weighted by Crippen LogP contribution is -2.58. The number of nitrogens with zero attached hydrogens (tertiary/aromatic N) is 2. The summed E-state index contributed by atoms with van der Waals surface area (Å²) in [6, 6.07) is 13.3. The molecule has 2 fully saturated rings. The number of fused-ring (bicyclic) bond motifs is 1. The van der Waals surface area contributed by atoms with Crippen LogP contribution in [0.1, 0.15) is 16.7 Å². The third-order valence-electron chi connectivity index (χ3n) is 5.90. The van der Waals surface area contributed by atoms with E-state index < -0.39 is 6.36 Å². The number of aryl methyl sites for hydroxylation is 1. The van der Waals surface area contributed by atoms with Crippen LogP contribution in [0.5, 0.6) is 5.75 Å². The molecule has 0 N–H and O–H groups in total. The molecule has 31 heavy (non-hydrogen) atoms. The Bertz CT molecular complexity index is 958. The van der Waals surface area contributed by atoms with Gasteiger partial charge >= 0.3 is 6.36 Å². The number of hydrogen-bond acceptors (Lipinski definition) is 3. The van der Waals surface area contributed by atoms with E-state index in [1.165, 1.54) is 24.3 Å². The fourth-order valence-electron chi connectivity index (χ4n) is 4.20. The van der Waals surface area contributed by atoms with Crippen molar-refractivity contribution in [1.82, 2.24) is 9.80 Å². The van der Waals surface area contributed by atoms with E-state index in [1.807, 2.05) is 36.1 Å². The van der Waals surface area contributed by atoms with Gasteiger partial charge in [-0.2, -0.15) is 0 Å². The molecule has 2 aliphatic rings. The number of rotatable bonds is 5. The van der Waals surface area contributed by atoms with Crippen LogP contribution in [-0.2, 0) is 22.4 Å². The number of ether oxygens (including phenoxy) is 1. The Labute approximate surface area is 178 Å². The summed E-state index contributed by atoms with van der Waals surface area (Å²) in [5.41, 5.74) is 2.74. The zero-order valence-electron chi connectivity index (χ0n) is 17.1. The minimum Gasteiger partial charge on any atom is -0.406 e. The number of hydrogen-bond donors (Lipinski definition) is 0. The number of carbonyl (C=O) groups excluding carboxylic acids is 2. The first-order chi connectivity index (χ1) is 14.7. The largest absolute Gasteiger partial charge is 0.573 e. The normalized spacial score (nSPS) is 20.3. The van der Waals surface area contributed by atoms with Gasteiger partial charge in [0, 0.05) is 25.6 Å². The predicted octanol–water partition coefficient (Wildman–Crippen LogP) is 3.35. The lowest BCUT2D eigenvalue weighted by molar-refractivity contribution is -0.274. The molecule has 8 heteroatoms. The lowest BCUT2D eigenvalue weighted by Gasteiger charge is -2.43. The van der Waals surface area contributed by atoms with Crippen molar-refractivity contribution in [2.45, 2.75) is 32.2 Å². The molecule has 2 saturated heterocycles. The van der Waals surface area contributed by atoms with Gasteiger partial charge in [0.1, 0.15) is 5.75 Å². The van der Waals surface area contributed by atoms with Crippen LogP contribution in [0.2, 0.25) is 0 Å². The van der Waals surface area contributed by atoms with Gasteiger partial charge in [0.2, 0.25) is 11.8 Å². The van der Waals surface area contributed by atoms with Crippen molar-refractivity contribution in [3.8, 4) is 5.75 Å². The van der Waals surface area contributed by atoms with Crippen molar-refractivity contribution in [2.24, 2.45) is 5.92 Å². The van der Waals surface area contributed by atoms with Crippen LogP contribution in [0.25, 0.3) is 0 Å². The Morgan fingerprint density at radius 1 is 0.903 bits per heavy atom. The average molecular weight is 432 g/mol.